The fraction of sp³-hybridized carbons (Fsp3) is 0.217. The number of rotatable bonds is 3. The van der Waals surface area contributed by atoms with Gasteiger partial charge in [0.2, 0.25) is 0 Å². The lowest BCUT2D eigenvalue weighted by atomic mass is 9.83. The number of thiophene rings is 1. The van der Waals surface area contributed by atoms with E-state index in [2.05, 4.69) is 38.7 Å². The number of benzene rings is 2. The number of ether oxygens (including phenoxy) is 1. The first kappa shape index (κ1) is 18.2. The summed E-state index contributed by atoms with van der Waals surface area (Å²) in [6.45, 7) is 1.37. The third-order valence-corrected chi connectivity index (χ3v) is 6.54. The second kappa shape index (κ2) is 7.21. The minimum atomic E-state index is -0.212. The Morgan fingerprint density at radius 1 is 1.14 bits per heavy atom. The normalized spacial score (nSPS) is 16.7. The largest absolute Gasteiger partial charge is 0.495 e. The molecule has 0 amide bonds. The van der Waals surface area contributed by atoms with Crippen LogP contribution in [0.25, 0.3) is 21.3 Å². The maximum Gasteiger partial charge on any atom is 0.140 e. The summed E-state index contributed by atoms with van der Waals surface area (Å²) in [6, 6.07) is 13.8. The second-order valence-corrected chi connectivity index (χ2v) is 8.30. The molecule has 0 saturated heterocycles. The molecule has 1 aliphatic heterocycles. The minimum Gasteiger partial charge on any atom is -0.495 e. The average molecular weight is 405 g/mol. The third-order valence-electron chi connectivity index (χ3n) is 5.61. The molecule has 5 rings (SSSR count). The number of aromatic nitrogens is 2. The molecule has 0 saturated carbocycles. The van der Waals surface area contributed by atoms with Gasteiger partial charge in [-0.1, -0.05) is 18.2 Å². The molecule has 4 nitrogen and oxygen atoms in total. The first-order valence-electron chi connectivity index (χ1n) is 9.49. The van der Waals surface area contributed by atoms with E-state index in [0.717, 1.165) is 33.7 Å². The predicted octanol–water partition coefficient (Wildman–Crippen LogP) is 5.08. The highest BCUT2D eigenvalue weighted by molar-refractivity contribution is 7.17. The molecule has 1 aliphatic rings. The summed E-state index contributed by atoms with van der Waals surface area (Å²) in [5.74, 6) is 0.716. The SMILES string of the molecule is COc1c(C2CN(C)Cc3c2ccc(-c2cccnn2)c3F)ccc2ccsc12. The summed E-state index contributed by atoms with van der Waals surface area (Å²) in [5.41, 5.74) is 3.88. The number of likely N-dealkylation sites (N-methyl/N-ethyl adjacent to an activating group) is 1. The van der Waals surface area contributed by atoms with E-state index in [1.165, 1.54) is 5.39 Å². The highest BCUT2D eigenvalue weighted by atomic mass is 32.1. The number of hydrogen-bond acceptors (Lipinski definition) is 5. The average Bonchev–Trinajstić information content (AvgIpc) is 3.23. The van der Waals surface area contributed by atoms with Gasteiger partial charge in [-0.3, -0.25) is 0 Å². The summed E-state index contributed by atoms with van der Waals surface area (Å²) in [5, 5.41) is 11.2. The van der Waals surface area contributed by atoms with Crippen molar-refractivity contribution in [1.82, 2.24) is 15.1 Å². The van der Waals surface area contributed by atoms with Crippen molar-refractivity contribution in [3.8, 4) is 17.0 Å². The van der Waals surface area contributed by atoms with Crippen molar-refractivity contribution >= 4 is 21.4 Å². The van der Waals surface area contributed by atoms with E-state index in [0.29, 0.717) is 17.8 Å². The van der Waals surface area contributed by atoms with Gasteiger partial charge in [-0.05, 0) is 47.6 Å². The molecular formula is C23H20FN3OS. The summed E-state index contributed by atoms with van der Waals surface area (Å²) >= 11 is 1.67. The third kappa shape index (κ3) is 2.99. The lowest BCUT2D eigenvalue weighted by molar-refractivity contribution is 0.286. The molecule has 2 aromatic heterocycles. The van der Waals surface area contributed by atoms with Crippen LogP contribution >= 0.6 is 11.3 Å². The summed E-state index contributed by atoms with van der Waals surface area (Å²) < 4.78 is 22.5. The van der Waals surface area contributed by atoms with Gasteiger partial charge in [0.05, 0.1) is 17.5 Å². The molecule has 146 valence electrons. The zero-order valence-electron chi connectivity index (χ0n) is 16.2. The van der Waals surface area contributed by atoms with Crippen LogP contribution in [0.1, 0.15) is 22.6 Å². The van der Waals surface area contributed by atoms with Crippen LogP contribution in [-0.4, -0.2) is 35.8 Å². The van der Waals surface area contributed by atoms with Crippen LogP contribution in [0.3, 0.4) is 0 Å². The van der Waals surface area contributed by atoms with Gasteiger partial charge in [0, 0.05) is 41.9 Å². The van der Waals surface area contributed by atoms with Gasteiger partial charge >= 0.3 is 0 Å². The Balaban J connectivity index is 1.68. The molecule has 6 heteroatoms. The molecule has 2 aromatic carbocycles. The van der Waals surface area contributed by atoms with Gasteiger partial charge < -0.3 is 9.64 Å². The summed E-state index contributed by atoms with van der Waals surface area (Å²) in [7, 11) is 3.74. The fourth-order valence-corrected chi connectivity index (χ4v) is 5.21. The minimum absolute atomic E-state index is 0.0376. The Kier molecular flexibility index (Phi) is 4.53. The van der Waals surface area contributed by atoms with E-state index in [1.54, 1.807) is 36.8 Å². The molecule has 3 heterocycles. The van der Waals surface area contributed by atoms with Gasteiger partial charge in [0.15, 0.2) is 0 Å². The van der Waals surface area contributed by atoms with Crippen molar-refractivity contribution in [3.05, 3.63) is 76.5 Å². The summed E-state index contributed by atoms with van der Waals surface area (Å²) in [6.07, 6.45) is 1.59. The molecule has 29 heavy (non-hydrogen) atoms. The first-order chi connectivity index (χ1) is 14.2. The number of methoxy groups -OCH3 is 1. The van der Waals surface area contributed by atoms with E-state index in [9.17, 15) is 0 Å². The van der Waals surface area contributed by atoms with Gasteiger partial charge in [-0.25, -0.2) is 4.39 Å². The fourth-order valence-electron chi connectivity index (χ4n) is 4.28. The molecule has 0 bridgehead atoms. The van der Waals surface area contributed by atoms with E-state index in [4.69, 9.17) is 4.74 Å². The van der Waals surface area contributed by atoms with E-state index in [-0.39, 0.29) is 11.7 Å². The van der Waals surface area contributed by atoms with Crippen LogP contribution in [0.2, 0.25) is 0 Å². The molecule has 4 aromatic rings. The maximum atomic E-state index is 15.6. The summed E-state index contributed by atoms with van der Waals surface area (Å²) in [4.78, 5) is 2.16. The van der Waals surface area contributed by atoms with Gasteiger partial charge in [0.25, 0.3) is 0 Å². The van der Waals surface area contributed by atoms with Crippen LogP contribution in [0.4, 0.5) is 4.39 Å². The van der Waals surface area contributed by atoms with E-state index in [1.807, 2.05) is 19.2 Å². The molecule has 0 spiro atoms. The van der Waals surface area contributed by atoms with Gasteiger partial charge in [-0.2, -0.15) is 10.2 Å². The monoisotopic (exact) mass is 405 g/mol. The van der Waals surface area contributed by atoms with E-state index >= 15 is 4.39 Å². The maximum absolute atomic E-state index is 15.6. The number of fused-ring (bicyclic) bond motifs is 2. The van der Waals surface area contributed by atoms with Crippen LogP contribution in [0.5, 0.6) is 5.75 Å². The first-order valence-corrected chi connectivity index (χ1v) is 10.4. The molecule has 0 aliphatic carbocycles. The van der Waals surface area contributed by atoms with Crippen molar-refractivity contribution in [2.24, 2.45) is 0 Å². The van der Waals surface area contributed by atoms with E-state index < -0.39 is 0 Å². The van der Waals surface area contributed by atoms with Crippen molar-refractivity contribution in [1.29, 1.82) is 0 Å². The van der Waals surface area contributed by atoms with Crippen molar-refractivity contribution in [2.75, 3.05) is 20.7 Å². The smallest absolute Gasteiger partial charge is 0.140 e. The highest BCUT2D eigenvalue weighted by Crippen LogP contribution is 2.43. The molecular weight excluding hydrogens is 385 g/mol. The van der Waals surface area contributed by atoms with Crippen molar-refractivity contribution in [2.45, 2.75) is 12.5 Å². The number of nitrogens with zero attached hydrogens (tertiary/aromatic N) is 3. The molecule has 1 unspecified atom stereocenters. The van der Waals surface area contributed by atoms with Gasteiger partial charge in [0.1, 0.15) is 11.6 Å². The standard InChI is InChI=1S/C23H20FN3OS/c1-27-12-18(16-6-5-14-9-11-29-23(14)22(16)28-2)15-7-8-17(21(24)19(15)13-27)20-4-3-10-25-26-20/h3-11,18H,12-13H2,1-2H3. The highest BCUT2D eigenvalue weighted by Gasteiger charge is 2.31. The van der Waals surface area contributed by atoms with Crippen LogP contribution in [0, 0.1) is 5.82 Å². The van der Waals surface area contributed by atoms with Crippen molar-refractivity contribution in [3.63, 3.8) is 0 Å². The molecule has 1 atom stereocenters. The zero-order chi connectivity index (χ0) is 20.0. The van der Waals surface area contributed by atoms with Crippen LogP contribution in [0.15, 0.2) is 54.0 Å². The van der Waals surface area contributed by atoms with Gasteiger partial charge in [-0.15, -0.1) is 11.3 Å². The lowest BCUT2D eigenvalue weighted by Gasteiger charge is -2.34. The Morgan fingerprint density at radius 2 is 2.00 bits per heavy atom. The quantitative estimate of drug-likeness (QED) is 0.476. The number of halogens is 1. The van der Waals surface area contributed by atoms with Crippen LogP contribution < -0.4 is 4.74 Å². The molecule has 0 N–H and O–H groups in total. The zero-order valence-corrected chi connectivity index (χ0v) is 17.0. The Labute approximate surface area is 172 Å². The Morgan fingerprint density at radius 3 is 2.79 bits per heavy atom. The second-order valence-electron chi connectivity index (χ2n) is 7.38. The topological polar surface area (TPSA) is 38.2 Å². The van der Waals surface area contributed by atoms with Crippen LogP contribution in [-0.2, 0) is 6.54 Å². The Bertz CT molecular complexity index is 1190. The predicted molar refractivity (Wildman–Crippen MR) is 114 cm³/mol. The Hall–Kier alpha value is -2.83. The molecule has 0 fully saturated rings. The van der Waals surface area contributed by atoms with Crippen molar-refractivity contribution < 1.29 is 9.13 Å². The lowest BCUT2D eigenvalue weighted by Crippen LogP contribution is -2.32. The molecule has 0 radical (unpaired) electrons. The number of hydrogen-bond donors (Lipinski definition) is 0.